The number of carbonyl (C=O) groups excluding carboxylic acids is 1. The highest BCUT2D eigenvalue weighted by atomic mass is 16.5. The van der Waals surface area contributed by atoms with Gasteiger partial charge in [-0.15, -0.1) is 0 Å². The van der Waals surface area contributed by atoms with Gasteiger partial charge in [0.2, 0.25) is 0 Å². The Morgan fingerprint density at radius 2 is 2.13 bits per heavy atom. The Morgan fingerprint density at radius 3 is 2.83 bits per heavy atom. The van der Waals surface area contributed by atoms with Gasteiger partial charge in [0.25, 0.3) is 0 Å². The van der Waals surface area contributed by atoms with E-state index in [0.29, 0.717) is 6.54 Å². The molecule has 2 aromatic rings. The van der Waals surface area contributed by atoms with Gasteiger partial charge in [-0.2, -0.15) is 0 Å². The maximum atomic E-state index is 12.5. The van der Waals surface area contributed by atoms with E-state index in [9.17, 15) is 4.79 Å². The molecular formula is C18H23N3O2. The number of nitrogens with one attached hydrogen (secondary N) is 1. The molecule has 0 radical (unpaired) electrons. The summed E-state index contributed by atoms with van der Waals surface area (Å²) in [6, 6.07) is 10.6. The van der Waals surface area contributed by atoms with Crippen LogP contribution in [0.1, 0.15) is 35.4 Å². The Labute approximate surface area is 136 Å². The second-order valence-corrected chi connectivity index (χ2v) is 6.14. The molecule has 1 aromatic heterocycles. The zero-order chi connectivity index (χ0) is 16.2. The molecule has 1 fully saturated rings. The zero-order valence-electron chi connectivity index (χ0n) is 13.7. The van der Waals surface area contributed by atoms with Crippen molar-refractivity contribution >= 4 is 6.03 Å². The zero-order valence-corrected chi connectivity index (χ0v) is 13.7. The van der Waals surface area contributed by atoms with E-state index < -0.39 is 0 Å². The van der Waals surface area contributed by atoms with E-state index in [2.05, 4.69) is 22.6 Å². The van der Waals surface area contributed by atoms with Gasteiger partial charge in [-0.05, 0) is 38.7 Å². The minimum atomic E-state index is 0.00318. The van der Waals surface area contributed by atoms with Gasteiger partial charge in [-0.25, -0.2) is 4.79 Å². The molecule has 23 heavy (non-hydrogen) atoms. The molecule has 5 heteroatoms. The maximum absolute atomic E-state index is 12.5. The summed E-state index contributed by atoms with van der Waals surface area (Å²) in [7, 11) is 0. The Hall–Kier alpha value is -2.30. The molecule has 1 aromatic carbocycles. The van der Waals surface area contributed by atoms with Gasteiger partial charge in [0, 0.05) is 24.7 Å². The molecule has 2 amide bonds. The highest BCUT2D eigenvalue weighted by Crippen LogP contribution is 2.21. The SMILES string of the molecule is Cc1noc(C)c1CNC(=O)N1CCC[C@@H]1Cc1ccccc1. The molecule has 0 unspecified atom stereocenters. The first-order chi connectivity index (χ1) is 11.1. The van der Waals surface area contributed by atoms with Crippen LogP contribution in [0.4, 0.5) is 4.79 Å². The maximum Gasteiger partial charge on any atom is 0.317 e. The molecule has 1 saturated heterocycles. The number of likely N-dealkylation sites (tertiary alicyclic amines) is 1. The summed E-state index contributed by atoms with van der Waals surface area (Å²) in [6.07, 6.45) is 3.05. The third-order valence-electron chi connectivity index (χ3n) is 4.55. The highest BCUT2D eigenvalue weighted by Gasteiger charge is 2.28. The lowest BCUT2D eigenvalue weighted by molar-refractivity contribution is 0.192. The molecule has 1 aliphatic rings. The van der Waals surface area contributed by atoms with Crippen molar-refractivity contribution in [3.63, 3.8) is 0 Å². The van der Waals surface area contributed by atoms with Gasteiger partial charge in [0.05, 0.1) is 5.69 Å². The molecule has 0 aliphatic carbocycles. The Kier molecular flexibility index (Phi) is 4.65. The number of aryl methyl sites for hydroxylation is 2. The largest absolute Gasteiger partial charge is 0.361 e. The van der Waals surface area contributed by atoms with E-state index in [-0.39, 0.29) is 12.1 Å². The Bertz CT molecular complexity index is 647. The molecule has 3 rings (SSSR count). The van der Waals surface area contributed by atoms with Gasteiger partial charge in [-0.3, -0.25) is 0 Å². The van der Waals surface area contributed by atoms with Gasteiger partial charge in [-0.1, -0.05) is 35.5 Å². The lowest BCUT2D eigenvalue weighted by Crippen LogP contribution is -2.43. The summed E-state index contributed by atoms with van der Waals surface area (Å²) in [5.41, 5.74) is 3.09. The molecule has 0 spiro atoms. The first kappa shape index (κ1) is 15.6. The van der Waals surface area contributed by atoms with Crippen LogP contribution in [0.25, 0.3) is 0 Å². The van der Waals surface area contributed by atoms with Crippen molar-refractivity contribution in [1.29, 1.82) is 0 Å². The van der Waals surface area contributed by atoms with Crippen LogP contribution in [0.15, 0.2) is 34.9 Å². The molecule has 5 nitrogen and oxygen atoms in total. The molecule has 2 heterocycles. The first-order valence-corrected chi connectivity index (χ1v) is 8.15. The van der Waals surface area contributed by atoms with Gasteiger partial charge >= 0.3 is 6.03 Å². The predicted octanol–water partition coefficient (Wildman–Crippen LogP) is 3.21. The fourth-order valence-electron chi connectivity index (χ4n) is 3.22. The summed E-state index contributed by atoms with van der Waals surface area (Å²) in [5.74, 6) is 0.769. The molecule has 0 saturated carbocycles. The number of aromatic nitrogens is 1. The number of carbonyl (C=O) groups is 1. The number of amides is 2. The lowest BCUT2D eigenvalue weighted by Gasteiger charge is -2.25. The average Bonchev–Trinajstić information content (AvgIpc) is 3.14. The van der Waals surface area contributed by atoms with E-state index in [4.69, 9.17) is 4.52 Å². The quantitative estimate of drug-likeness (QED) is 0.943. The lowest BCUT2D eigenvalue weighted by atomic mass is 10.0. The normalized spacial score (nSPS) is 17.5. The van der Waals surface area contributed by atoms with Crippen LogP contribution in [0.3, 0.4) is 0 Å². The smallest absolute Gasteiger partial charge is 0.317 e. The van der Waals surface area contributed by atoms with Crippen molar-refractivity contribution in [2.45, 2.75) is 45.7 Å². The van der Waals surface area contributed by atoms with Gasteiger partial charge in [0.15, 0.2) is 0 Å². The van der Waals surface area contributed by atoms with Crippen LogP contribution < -0.4 is 5.32 Å². The van der Waals surface area contributed by atoms with E-state index in [0.717, 1.165) is 42.8 Å². The highest BCUT2D eigenvalue weighted by molar-refractivity contribution is 5.75. The van der Waals surface area contributed by atoms with E-state index in [1.165, 1.54) is 5.56 Å². The molecular weight excluding hydrogens is 290 g/mol. The second kappa shape index (κ2) is 6.86. The van der Waals surface area contributed by atoms with Crippen LogP contribution in [0.2, 0.25) is 0 Å². The van der Waals surface area contributed by atoms with E-state index in [1.807, 2.05) is 36.9 Å². The van der Waals surface area contributed by atoms with Crippen LogP contribution in [-0.4, -0.2) is 28.7 Å². The van der Waals surface area contributed by atoms with Crippen molar-refractivity contribution in [3.05, 3.63) is 52.9 Å². The summed E-state index contributed by atoms with van der Waals surface area (Å²) in [4.78, 5) is 14.5. The van der Waals surface area contributed by atoms with Gasteiger partial charge < -0.3 is 14.7 Å². The van der Waals surface area contributed by atoms with Crippen molar-refractivity contribution in [2.24, 2.45) is 0 Å². The van der Waals surface area contributed by atoms with Crippen molar-refractivity contribution in [1.82, 2.24) is 15.4 Å². The summed E-state index contributed by atoms with van der Waals surface area (Å²) in [5, 5.41) is 6.93. The predicted molar refractivity (Wildman–Crippen MR) is 88.1 cm³/mol. The fraction of sp³-hybridized carbons (Fsp3) is 0.444. The van der Waals surface area contributed by atoms with E-state index >= 15 is 0 Å². The van der Waals surface area contributed by atoms with E-state index in [1.54, 1.807) is 0 Å². The summed E-state index contributed by atoms with van der Waals surface area (Å²) < 4.78 is 5.14. The minimum absolute atomic E-state index is 0.00318. The molecule has 1 N–H and O–H groups in total. The molecule has 0 bridgehead atoms. The average molecular weight is 313 g/mol. The number of hydrogen-bond donors (Lipinski definition) is 1. The van der Waals surface area contributed by atoms with Crippen LogP contribution >= 0.6 is 0 Å². The number of rotatable bonds is 4. The van der Waals surface area contributed by atoms with Crippen molar-refractivity contribution < 1.29 is 9.32 Å². The van der Waals surface area contributed by atoms with Crippen LogP contribution in [-0.2, 0) is 13.0 Å². The van der Waals surface area contributed by atoms with Gasteiger partial charge in [0.1, 0.15) is 5.76 Å². The molecule has 122 valence electrons. The second-order valence-electron chi connectivity index (χ2n) is 6.14. The van der Waals surface area contributed by atoms with Crippen LogP contribution in [0, 0.1) is 13.8 Å². The summed E-state index contributed by atoms with van der Waals surface area (Å²) in [6.45, 7) is 5.06. The van der Waals surface area contributed by atoms with Crippen molar-refractivity contribution in [2.75, 3.05) is 6.54 Å². The monoisotopic (exact) mass is 313 g/mol. The van der Waals surface area contributed by atoms with Crippen LogP contribution in [0.5, 0.6) is 0 Å². The standard InChI is InChI=1S/C18H23N3O2/c1-13-17(14(2)23-20-13)12-19-18(22)21-10-6-9-16(21)11-15-7-4-3-5-8-15/h3-5,7-8,16H,6,9-12H2,1-2H3,(H,19,22)/t16-/m1/s1. The number of benzene rings is 1. The molecule has 1 atom stereocenters. The third-order valence-corrected chi connectivity index (χ3v) is 4.55. The number of hydrogen-bond acceptors (Lipinski definition) is 3. The topological polar surface area (TPSA) is 58.4 Å². The Morgan fingerprint density at radius 1 is 1.35 bits per heavy atom. The third kappa shape index (κ3) is 3.55. The number of urea groups is 1. The fourth-order valence-corrected chi connectivity index (χ4v) is 3.22. The Balaban J connectivity index is 1.60. The molecule has 1 aliphatic heterocycles. The first-order valence-electron chi connectivity index (χ1n) is 8.15. The summed E-state index contributed by atoms with van der Waals surface area (Å²) >= 11 is 0. The van der Waals surface area contributed by atoms with Crippen molar-refractivity contribution in [3.8, 4) is 0 Å². The number of nitrogens with zero attached hydrogens (tertiary/aromatic N) is 2. The minimum Gasteiger partial charge on any atom is -0.361 e.